The first-order valence-electron chi connectivity index (χ1n) is 9.35. The van der Waals surface area contributed by atoms with Crippen molar-refractivity contribution in [2.45, 2.75) is 51.4 Å². The molecule has 8 heteroatoms. The van der Waals surface area contributed by atoms with Gasteiger partial charge in [-0.05, 0) is 33.6 Å². The van der Waals surface area contributed by atoms with E-state index >= 15 is 0 Å². The summed E-state index contributed by atoms with van der Waals surface area (Å²) < 4.78 is 5.40. The Kier molecular flexibility index (Phi) is 6.04. The van der Waals surface area contributed by atoms with E-state index in [4.69, 9.17) is 4.74 Å². The largest absolute Gasteiger partial charge is 0.444 e. The first kappa shape index (κ1) is 19.4. The molecule has 2 aliphatic heterocycles. The van der Waals surface area contributed by atoms with Gasteiger partial charge in [0.2, 0.25) is 0 Å². The number of anilines is 1. The smallest absolute Gasteiger partial charge is 0.410 e. The van der Waals surface area contributed by atoms with Gasteiger partial charge < -0.3 is 25.0 Å². The molecule has 3 heterocycles. The number of piperidine rings is 1. The zero-order valence-corrected chi connectivity index (χ0v) is 16.7. The van der Waals surface area contributed by atoms with Gasteiger partial charge in [0.15, 0.2) is 5.13 Å². The molecule has 0 bridgehead atoms. The lowest BCUT2D eigenvalue weighted by molar-refractivity contribution is 0.0270. The minimum Gasteiger partial charge on any atom is -0.444 e. The summed E-state index contributed by atoms with van der Waals surface area (Å²) in [5.41, 5.74) is -0.510. The number of ether oxygens (including phenoxy) is 1. The molecule has 7 nitrogen and oxygen atoms in total. The predicted molar refractivity (Wildman–Crippen MR) is 103 cm³/mol. The van der Waals surface area contributed by atoms with E-state index in [0.717, 1.165) is 37.6 Å². The first-order valence-corrected chi connectivity index (χ1v) is 10.2. The van der Waals surface area contributed by atoms with Crippen LogP contribution in [0.2, 0.25) is 0 Å². The minimum atomic E-state index is -0.510. The number of aliphatic hydroxyl groups is 1. The number of carbonyl (C=O) groups is 1. The number of hydrogen-bond acceptors (Lipinski definition) is 7. The van der Waals surface area contributed by atoms with E-state index in [1.165, 1.54) is 0 Å². The van der Waals surface area contributed by atoms with Crippen LogP contribution in [0.1, 0.15) is 33.6 Å². The zero-order chi connectivity index (χ0) is 18.7. The van der Waals surface area contributed by atoms with E-state index in [0.29, 0.717) is 19.1 Å². The summed E-state index contributed by atoms with van der Waals surface area (Å²) >= 11 is 1.68. The molecule has 1 aromatic rings. The van der Waals surface area contributed by atoms with Crippen molar-refractivity contribution >= 4 is 22.6 Å². The molecule has 146 valence electrons. The number of rotatable bonds is 4. The third-order valence-corrected chi connectivity index (χ3v) is 5.74. The van der Waals surface area contributed by atoms with Crippen LogP contribution in [-0.2, 0) is 4.74 Å². The summed E-state index contributed by atoms with van der Waals surface area (Å²) in [4.78, 5) is 20.5. The molecule has 2 saturated heterocycles. The molecule has 2 fully saturated rings. The standard InChI is InChI=1S/C18H30N4O3S/c1-18(2,3)25-17(24)22-11-13(15(23)12-22)10-20-14-4-7-21(8-5-14)16-19-6-9-26-16/h6,9,13-15,20,23H,4-5,7-8,10-12H2,1-3H3/t13-,15-/m1/s1. The quantitative estimate of drug-likeness (QED) is 0.829. The number of amides is 1. The summed E-state index contributed by atoms with van der Waals surface area (Å²) in [5, 5.41) is 17.0. The molecule has 0 spiro atoms. The fraction of sp³-hybridized carbons (Fsp3) is 0.778. The number of thiazole rings is 1. The molecule has 2 aliphatic rings. The highest BCUT2D eigenvalue weighted by Gasteiger charge is 2.36. The highest BCUT2D eigenvalue weighted by atomic mass is 32.1. The van der Waals surface area contributed by atoms with Crippen molar-refractivity contribution < 1.29 is 14.6 Å². The maximum absolute atomic E-state index is 12.2. The third kappa shape index (κ3) is 5.08. The molecule has 2 N–H and O–H groups in total. The minimum absolute atomic E-state index is 0.0551. The lowest BCUT2D eigenvalue weighted by Crippen LogP contribution is -2.45. The SMILES string of the molecule is CC(C)(C)OC(=O)N1C[C@@H](CNC2CCN(c3nccs3)CC2)[C@H](O)C1. The van der Waals surface area contributed by atoms with Crippen molar-refractivity contribution in [3.8, 4) is 0 Å². The lowest BCUT2D eigenvalue weighted by atomic mass is 10.0. The molecule has 0 unspecified atom stereocenters. The van der Waals surface area contributed by atoms with Gasteiger partial charge in [0, 0.05) is 49.7 Å². The van der Waals surface area contributed by atoms with Crippen LogP contribution in [0, 0.1) is 5.92 Å². The Morgan fingerprint density at radius 2 is 2.12 bits per heavy atom. The van der Waals surface area contributed by atoms with Gasteiger partial charge in [-0.1, -0.05) is 0 Å². The van der Waals surface area contributed by atoms with Crippen molar-refractivity contribution in [2.75, 3.05) is 37.6 Å². The molecular formula is C18H30N4O3S. The van der Waals surface area contributed by atoms with Crippen LogP contribution in [0.15, 0.2) is 11.6 Å². The molecule has 0 aliphatic carbocycles. The summed E-state index contributed by atoms with van der Waals surface area (Å²) in [6.07, 6.45) is 3.15. The van der Waals surface area contributed by atoms with Crippen molar-refractivity contribution in [3.63, 3.8) is 0 Å². The number of β-amino-alcohol motifs (C(OH)–C–C–N with tert-alkyl or cyclic N) is 1. The fourth-order valence-electron chi connectivity index (χ4n) is 3.50. The van der Waals surface area contributed by atoms with Gasteiger partial charge in [-0.15, -0.1) is 11.3 Å². The summed E-state index contributed by atoms with van der Waals surface area (Å²) in [6, 6.07) is 0.453. The molecule has 0 aromatic carbocycles. The zero-order valence-electron chi connectivity index (χ0n) is 15.9. The van der Waals surface area contributed by atoms with E-state index in [1.807, 2.05) is 32.3 Å². The number of likely N-dealkylation sites (tertiary alicyclic amines) is 1. The van der Waals surface area contributed by atoms with Gasteiger partial charge in [-0.25, -0.2) is 9.78 Å². The van der Waals surface area contributed by atoms with Gasteiger partial charge >= 0.3 is 6.09 Å². The number of hydrogen-bond donors (Lipinski definition) is 2. The number of aromatic nitrogens is 1. The van der Waals surface area contributed by atoms with Gasteiger partial charge in [-0.3, -0.25) is 0 Å². The van der Waals surface area contributed by atoms with Crippen LogP contribution < -0.4 is 10.2 Å². The molecule has 2 atom stereocenters. The second-order valence-corrected chi connectivity index (χ2v) is 9.07. The second kappa shape index (κ2) is 8.10. The maximum atomic E-state index is 12.2. The van der Waals surface area contributed by atoms with Gasteiger partial charge in [0.1, 0.15) is 5.60 Å². The van der Waals surface area contributed by atoms with Gasteiger partial charge in [-0.2, -0.15) is 0 Å². The first-order chi connectivity index (χ1) is 12.3. The molecule has 1 amide bonds. The van der Waals surface area contributed by atoms with E-state index in [9.17, 15) is 9.90 Å². The Labute approximate surface area is 159 Å². The fourth-order valence-corrected chi connectivity index (χ4v) is 4.19. The molecule has 0 saturated carbocycles. The van der Waals surface area contributed by atoms with E-state index < -0.39 is 11.7 Å². The maximum Gasteiger partial charge on any atom is 0.410 e. The molecular weight excluding hydrogens is 352 g/mol. The lowest BCUT2D eigenvalue weighted by Gasteiger charge is -2.33. The van der Waals surface area contributed by atoms with Crippen LogP contribution in [0.3, 0.4) is 0 Å². The number of aliphatic hydroxyl groups excluding tert-OH is 1. The number of nitrogens with one attached hydrogen (secondary N) is 1. The van der Waals surface area contributed by atoms with E-state index in [1.54, 1.807) is 16.2 Å². The Hall–Kier alpha value is -1.38. The van der Waals surface area contributed by atoms with E-state index in [-0.39, 0.29) is 12.0 Å². The monoisotopic (exact) mass is 382 g/mol. The van der Waals surface area contributed by atoms with E-state index in [2.05, 4.69) is 15.2 Å². The third-order valence-electron chi connectivity index (χ3n) is 4.91. The Morgan fingerprint density at radius 1 is 1.38 bits per heavy atom. The van der Waals surface area contributed by atoms with Crippen molar-refractivity contribution in [3.05, 3.63) is 11.6 Å². The average Bonchev–Trinajstić information content (AvgIpc) is 3.22. The molecule has 3 rings (SSSR count). The average molecular weight is 383 g/mol. The topological polar surface area (TPSA) is 77.9 Å². The van der Waals surface area contributed by atoms with Gasteiger partial charge in [0.25, 0.3) is 0 Å². The van der Waals surface area contributed by atoms with Crippen LogP contribution in [-0.4, -0.2) is 71.6 Å². The summed E-state index contributed by atoms with van der Waals surface area (Å²) in [5.74, 6) is 0.0551. The van der Waals surface area contributed by atoms with Crippen LogP contribution >= 0.6 is 11.3 Å². The van der Waals surface area contributed by atoms with Crippen LogP contribution in [0.25, 0.3) is 0 Å². The Balaban J connectivity index is 1.40. The van der Waals surface area contributed by atoms with Crippen LogP contribution in [0.4, 0.5) is 9.93 Å². The molecule has 0 radical (unpaired) electrons. The molecule has 1 aromatic heterocycles. The summed E-state index contributed by atoms with van der Waals surface area (Å²) in [6.45, 7) is 9.19. The normalized spacial score (nSPS) is 24.9. The van der Waals surface area contributed by atoms with Crippen molar-refractivity contribution in [1.82, 2.24) is 15.2 Å². The van der Waals surface area contributed by atoms with Crippen LogP contribution in [0.5, 0.6) is 0 Å². The Morgan fingerprint density at radius 3 is 2.73 bits per heavy atom. The van der Waals surface area contributed by atoms with Crippen molar-refractivity contribution in [1.29, 1.82) is 0 Å². The predicted octanol–water partition coefficient (Wildman–Crippen LogP) is 1.93. The molecule has 26 heavy (non-hydrogen) atoms. The second-order valence-electron chi connectivity index (χ2n) is 8.20. The van der Waals surface area contributed by atoms with Crippen molar-refractivity contribution in [2.24, 2.45) is 5.92 Å². The Bertz CT molecular complexity index is 582. The summed E-state index contributed by atoms with van der Waals surface area (Å²) in [7, 11) is 0. The number of nitrogens with zero attached hydrogens (tertiary/aromatic N) is 3. The highest BCUT2D eigenvalue weighted by molar-refractivity contribution is 7.13. The highest BCUT2D eigenvalue weighted by Crippen LogP contribution is 2.23. The number of carbonyl (C=O) groups excluding carboxylic acids is 1. The van der Waals surface area contributed by atoms with Gasteiger partial charge in [0.05, 0.1) is 12.6 Å².